The zero-order chi connectivity index (χ0) is 33.8. The number of carbonyl (C=O) groups is 2. The van der Waals surface area contributed by atoms with Gasteiger partial charge in [-0.2, -0.15) is 0 Å². The Morgan fingerprint density at radius 1 is 0.848 bits per heavy atom. The minimum absolute atomic E-state index is 0.00256. The minimum Gasteiger partial charge on any atom is -0.481 e. The number of hydrogen-bond donors (Lipinski definition) is 6. The number of hydrogen-bond acceptors (Lipinski definition) is 8. The maximum atomic E-state index is 13.3. The molecule has 0 aromatic carbocycles. The minimum atomic E-state index is -1.61. The number of aliphatic carboxylic acids is 2. The first-order valence-corrected chi connectivity index (χ1v) is 17.5. The fraction of sp³-hybridized carbons (Fsp3) is 0.889. The van der Waals surface area contributed by atoms with E-state index in [1.807, 2.05) is 0 Å². The molecule has 14 atom stereocenters. The first kappa shape index (κ1) is 34.3. The molecule has 46 heavy (non-hydrogen) atoms. The van der Waals surface area contributed by atoms with Crippen LogP contribution in [0.25, 0.3) is 0 Å². The Hall–Kier alpha value is -1.56. The van der Waals surface area contributed by atoms with Gasteiger partial charge in [0.2, 0.25) is 0 Å². The quantitative estimate of drug-likeness (QED) is 0.188. The van der Waals surface area contributed by atoms with E-state index in [0.717, 1.165) is 32.1 Å². The van der Waals surface area contributed by atoms with Crippen LogP contribution < -0.4 is 0 Å². The summed E-state index contributed by atoms with van der Waals surface area (Å²) in [5, 5.41) is 62.5. The van der Waals surface area contributed by atoms with Crippen LogP contribution >= 0.6 is 0 Å². The molecule has 0 radical (unpaired) electrons. The summed E-state index contributed by atoms with van der Waals surface area (Å²) in [6.07, 6.45) is 1.64. The third kappa shape index (κ3) is 4.49. The van der Waals surface area contributed by atoms with Gasteiger partial charge in [0.15, 0.2) is 6.29 Å². The molecular formula is C36H56O10. The van der Waals surface area contributed by atoms with E-state index in [2.05, 4.69) is 40.7 Å². The first-order chi connectivity index (χ1) is 21.3. The van der Waals surface area contributed by atoms with Crippen molar-refractivity contribution in [2.75, 3.05) is 6.61 Å². The number of aliphatic hydroxyl groups is 4. The summed E-state index contributed by atoms with van der Waals surface area (Å²) < 4.78 is 11.9. The van der Waals surface area contributed by atoms with Gasteiger partial charge in [-0.1, -0.05) is 46.3 Å². The van der Waals surface area contributed by atoms with Crippen molar-refractivity contribution in [3.63, 3.8) is 0 Å². The van der Waals surface area contributed by atoms with Crippen LogP contribution in [0.5, 0.6) is 0 Å². The molecule has 4 saturated carbocycles. The third-order valence-corrected chi connectivity index (χ3v) is 15.3. The number of carboxylic acid groups (broad SMARTS) is 2. The predicted octanol–water partition coefficient (Wildman–Crippen LogP) is 4.12. The van der Waals surface area contributed by atoms with Gasteiger partial charge in [-0.25, -0.2) is 0 Å². The van der Waals surface area contributed by atoms with Crippen LogP contribution in [0.1, 0.15) is 106 Å². The van der Waals surface area contributed by atoms with Crippen LogP contribution in [0, 0.1) is 50.2 Å². The second-order valence-electron chi connectivity index (χ2n) is 17.6. The predicted molar refractivity (Wildman–Crippen MR) is 167 cm³/mol. The van der Waals surface area contributed by atoms with Gasteiger partial charge >= 0.3 is 11.9 Å². The molecule has 1 unspecified atom stereocenters. The van der Waals surface area contributed by atoms with Crippen molar-refractivity contribution in [1.82, 2.24) is 0 Å². The van der Waals surface area contributed by atoms with Gasteiger partial charge in [0.25, 0.3) is 0 Å². The molecule has 1 saturated heterocycles. The topological polar surface area (TPSA) is 174 Å². The van der Waals surface area contributed by atoms with Crippen LogP contribution in [0.2, 0.25) is 0 Å². The van der Waals surface area contributed by atoms with E-state index in [1.54, 1.807) is 6.92 Å². The van der Waals surface area contributed by atoms with Crippen LogP contribution in [-0.4, -0.2) is 86.0 Å². The molecule has 6 N–H and O–H groups in total. The highest BCUT2D eigenvalue weighted by atomic mass is 16.7. The third-order valence-electron chi connectivity index (χ3n) is 15.3. The van der Waals surface area contributed by atoms with Gasteiger partial charge in [-0.3, -0.25) is 9.59 Å². The number of carboxylic acids is 2. The lowest BCUT2D eigenvalue weighted by Gasteiger charge is -2.71. The molecular weight excluding hydrogens is 592 g/mol. The second-order valence-corrected chi connectivity index (χ2v) is 17.6. The molecule has 0 aromatic heterocycles. The summed E-state index contributed by atoms with van der Waals surface area (Å²) in [4.78, 5) is 26.3. The molecule has 0 amide bonds. The van der Waals surface area contributed by atoms with Crippen LogP contribution in [0.15, 0.2) is 11.6 Å². The summed E-state index contributed by atoms with van der Waals surface area (Å²) in [6, 6.07) is 0. The van der Waals surface area contributed by atoms with E-state index in [1.165, 1.54) is 5.57 Å². The summed E-state index contributed by atoms with van der Waals surface area (Å²) >= 11 is 0. The maximum Gasteiger partial charge on any atom is 0.312 e. The van der Waals surface area contributed by atoms with Gasteiger partial charge in [0, 0.05) is 0 Å². The Labute approximate surface area is 272 Å². The highest BCUT2D eigenvalue weighted by Crippen LogP contribution is 2.76. The fourth-order valence-electron chi connectivity index (χ4n) is 12.1. The smallest absolute Gasteiger partial charge is 0.312 e. The number of rotatable bonds is 5. The Balaban J connectivity index is 1.34. The lowest BCUT2D eigenvalue weighted by molar-refractivity contribution is -0.329. The number of ether oxygens (including phenoxy) is 2. The van der Waals surface area contributed by atoms with Crippen LogP contribution in [0.3, 0.4) is 0 Å². The number of fused-ring (bicyclic) bond motifs is 7. The lowest BCUT2D eigenvalue weighted by Crippen LogP contribution is -2.67. The number of allylic oxidation sites excluding steroid dienone is 2. The van der Waals surface area contributed by atoms with Crippen LogP contribution in [0.4, 0.5) is 0 Å². The van der Waals surface area contributed by atoms with Crippen molar-refractivity contribution >= 4 is 11.9 Å². The van der Waals surface area contributed by atoms with Gasteiger partial charge in [0.1, 0.15) is 24.4 Å². The zero-order valence-electron chi connectivity index (χ0n) is 28.4. The van der Waals surface area contributed by atoms with Crippen molar-refractivity contribution in [2.24, 2.45) is 50.2 Å². The van der Waals surface area contributed by atoms with Gasteiger partial charge in [-0.15, -0.1) is 0 Å². The Morgan fingerprint density at radius 2 is 1.52 bits per heavy atom. The summed E-state index contributed by atoms with van der Waals surface area (Å²) in [6.45, 7) is 12.7. The van der Waals surface area contributed by atoms with Gasteiger partial charge < -0.3 is 40.1 Å². The highest BCUT2D eigenvalue weighted by molar-refractivity contribution is 5.77. The van der Waals surface area contributed by atoms with E-state index in [-0.39, 0.29) is 39.4 Å². The summed E-state index contributed by atoms with van der Waals surface area (Å²) in [5.41, 5.74) is -1.30. The molecule has 0 bridgehead atoms. The summed E-state index contributed by atoms with van der Waals surface area (Å²) in [5.74, 6) is -1.69. The Kier molecular flexibility index (Phi) is 8.18. The zero-order valence-corrected chi connectivity index (χ0v) is 28.4. The van der Waals surface area contributed by atoms with E-state index >= 15 is 0 Å². The lowest BCUT2D eigenvalue weighted by atomic mass is 9.33. The highest BCUT2D eigenvalue weighted by Gasteiger charge is 2.71. The van der Waals surface area contributed by atoms with Crippen molar-refractivity contribution in [2.45, 2.75) is 143 Å². The molecule has 0 aromatic rings. The van der Waals surface area contributed by atoms with Crippen molar-refractivity contribution in [3.05, 3.63) is 11.6 Å². The van der Waals surface area contributed by atoms with Crippen molar-refractivity contribution in [3.8, 4) is 0 Å². The average molecular weight is 649 g/mol. The summed E-state index contributed by atoms with van der Waals surface area (Å²) in [7, 11) is 0. The molecule has 10 nitrogen and oxygen atoms in total. The normalized spacial score (nSPS) is 53.1. The monoisotopic (exact) mass is 648 g/mol. The molecule has 5 aliphatic carbocycles. The molecule has 6 aliphatic rings. The maximum absolute atomic E-state index is 13.3. The molecule has 10 heteroatoms. The van der Waals surface area contributed by atoms with Crippen LogP contribution in [-0.2, 0) is 19.1 Å². The first-order valence-electron chi connectivity index (χ1n) is 17.5. The fourth-order valence-corrected chi connectivity index (χ4v) is 12.1. The standard InChI is InChI=1S/C36H56O10/c1-31(2)13-15-36(30(43)44)16-14-33(4)19(20(36)17-31)7-8-22-32(3)11-10-24(35(6,29(41)42)23(32)9-12-34(22,33)5)46-28-27(40)26(39)25(38)21(18-37)45-28/h7,20-28,37-40H,8-18H2,1-6H3,(H,41,42)(H,43,44)/t20-,21+,22+,23+,24?,25+,26-,27+,28-,32+,33+,34+,35-,36-/m0/s1. The Morgan fingerprint density at radius 3 is 2.15 bits per heavy atom. The van der Waals surface area contributed by atoms with E-state index < -0.39 is 66.2 Å². The van der Waals surface area contributed by atoms with Crippen molar-refractivity contribution in [1.29, 1.82) is 0 Å². The largest absolute Gasteiger partial charge is 0.481 e. The SMILES string of the molecule is CC1(C)CC[C@]2(C(=O)O)CC[C@]3(C)C(=CC[C@@H]4[C@@]5(C)CCC(O[C@@H]6O[C@H](CO)[C@@H](O)[C@H](O)[C@H]6O)[C@@](C)(C(=O)O)[C@@H]5CC[C@]43C)[C@@H]2C1. The molecule has 0 spiro atoms. The molecule has 6 rings (SSSR count). The molecule has 1 heterocycles. The van der Waals surface area contributed by atoms with Gasteiger partial charge in [-0.05, 0) is 111 Å². The second kappa shape index (κ2) is 11.0. The number of aliphatic hydroxyl groups excluding tert-OH is 4. The van der Waals surface area contributed by atoms with E-state index in [9.17, 15) is 40.2 Å². The molecule has 1 aliphatic heterocycles. The van der Waals surface area contributed by atoms with E-state index in [0.29, 0.717) is 32.1 Å². The Bertz CT molecular complexity index is 1280. The molecule has 260 valence electrons. The van der Waals surface area contributed by atoms with Gasteiger partial charge in [0.05, 0.1) is 23.5 Å². The van der Waals surface area contributed by atoms with Crippen molar-refractivity contribution < 1.29 is 49.7 Å². The average Bonchev–Trinajstić information content (AvgIpc) is 2.98. The molecule has 5 fully saturated rings. The van der Waals surface area contributed by atoms with E-state index in [4.69, 9.17) is 9.47 Å².